The maximum atomic E-state index is 12.0. The largest absolute Gasteiger partial charge is 0.340 e. The Labute approximate surface area is 105 Å². The van der Waals surface area contributed by atoms with Crippen LogP contribution < -0.4 is 5.32 Å². The second-order valence-corrected chi connectivity index (χ2v) is 5.18. The lowest BCUT2D eigenvalue weighted by atomic mass is 10.2. The molecule has 4 heteroatoms. The second kappa shape index (κ2) is 6.97. The van der Waals surface area contributed by atoms with Crippen LogP contribution in [0.4, 0.5) is 0 Å². The van der Waals surface area contributed by atoms with Gasteiger partial charge in [-0.2, -0.15) is 0 Å². The highest BCUT2D eigenvalue weighted by molar-refractivity contribution is 5.76. The molecule has 1 rings (SSSR count). The van der Waals surface area contributed by atoms with Crippen LogP contribution in [0.2, 0.25) is 0 Å². The van der Waals surface area contributed by atoms with Crippen molar-refractivity contribution in [2.45, 2.75) is 46.2 Å². The fraction of sp³-hybridized carbons (Fsp3) is 0.923. The lowest BCUT2D eigenvalue weighted by molar-refractivity contribution is -0.133. The first kappa shape index (κ1) is 14.5. The first-order chi connectivity index (χ1) is 8.04. The van der Waals surface area contributed by atoms with Crippen LogP contribution in [-0.2, 0) is 4.79 Å². The number of carbonyl (C=O) groups is 1. The average molecular weight is 241 g/mol. The molecule has 0 aliphatic carbocycles. The van der Waals surface area contributed by atoms with E-state index in [4.69, 9.17) is 0 Å². The van der Waals surface area contributed by atoms with Gasteiger partial charge in [0, 0.05) is 44.7 Å². The molecule has 0 saturated carbocycles. The fourth-order valence-corrected chi connectivity index (χ4v) is 2.32. The number of rotatable bonds is 5. The van der Waals surface area contributed by atoms with Gasteiger partial charge < -0.3 is 10.2 Å². The summed E-state index contributed by atoms with van der Waals surface area (Å²) in [7, 11) is 0. The Hall–Kier alpha value is -0.610. The summed E-state index contributed by atoms with van der Waals surface area (Å²) in [6.07, 6.45) is 0.622. The monoisotopic (exact) mass is 241 g/mol. The molecule has 0 aromatic rings. The van der Waals surface area contributed by atoms with Gasteiger partial charge in [-0.15, -0.1) is 0 Å². The lowest BCUT2D eigenvalue weighted by Crippen LogP contribution is -2.53. The van der Waals surface area contributed by atoms with Crippen LogP contribution in [0.5, 0.6) is 0 Å². The number of carbonyl (C=O) groups excluding carboxylic acids is 1. The van der Waals surface area contributed by atoms with E-state index < -0.39 is 0 Å². The summed E-state index contributed by atoms with van der Waals surface area (Å²) in [5.74, 6) is 0.292. The van der Waals surface area contributed by atoms with Crippen LogP contribution in [-0.4, -0.2) is 60.5 Å². The number of nitrogens with zero attached hydrogens (tertiary/aromatic N) is 2. The Bertz CT molecular complexity index is 243. The summed E-state index contributed by atoms with van der Waals surface area (Å²) >= 11 is 0. The van der Waals surface area contributed by atoms with Gasteiger partial charge in [0.15, 0.2) is 0 Å². The molecule has 0 aromatic carbocycles. The second-order valence-electron chi connectivity index (χ2n) is 5.18. The van der Waals surface area contributed by atoms with Gasteiger partial charge in [0.2, 0.25) is 5.91 Å². The van der Waals surface area contributed by atoms with Crippen LogP contribution in [0.15, 0.2) is 0 Å². The van der Waals surface area contributed by atoms with Crippen molar-refractivity contribution in [1.29, 1.82) is 0 Å². The van der Waals surface area contributed by atoms with E-state index >= 15 is 0 Å². The van der Waals surface area contributed by atoms with E-state index in [2.05, 4.69) is 37.9 Å². The number of hydrogen-bond donors (Lipinski definition) is 1. The molecule has 17 heavy (non-hydrogen) atoms. The predicted octanol–water partition coefficient (Wildman–Crippen LogP) is 0.927. The Balaban J connectivity index is 2.29. The molecule has 1 aliphatic heterocycles. The molecule has 1 atom stereocenters. The molecule has 1 aliphatic rings. The third-order valence-electron chi connectivity index (χ3n) is 3.42. The molecule has 1 unspecified atom stereocenters. The minimum Gasteiger partial charge on any atom is -0.340 e. The molecule has 1 heterocycles. The Kier molecular flexibility index (Phi) is 5.92. The summed E-state index contributed by atoms with van der Waals surface area (Å²) in [5, 5.41) is 3.29. The van der Waals surface area contributed by atoms with Gasteiger partial charge in [-0.05, 0) is 13.5 Å². The van der Waals surface area contributed by atoms with Crippen LogP contribution in [0.1, 0.15) is 34.1 Å². The first-order valence-corrected chi connectivity index (χ1v) is 6.79. The maximum Gasteiger partial charge on any atom is 0.223 e. The van der Waals surface area contributed by atoms with Crippen molar-refractivity contribution in [2.75, 3.05) is 32.7 Å². The van der Waals surface area contributed by atoms with Crippen molar-refractivity contribution < 1.29 is 4.79 Å². The minimum atomic E-state index is 0.292. The van der Waals surface area contributed by atoms with Crippen molar-refractivity contribution in [3.8, 4) is 0 Å². The molecule has 1 amide bonds. The molecule has 1 saturated heterocycles. The highest BCUT2D eigenvalue weighted by Gasteiger charge is 2.24. The van der Waals surface area contributed by atoms with Crippen LogP contribution >= 0.6 is 0 Å². The van der Waals surface area contributed by atoms with Crippen molar-refractivity contribution in [2.24, 2.45) is 0 Å². The Morgan fingerprint density at radius 3 is 2.65 bits per heavy atom. The minimum absolute atomic E-state index is 0.292. The van der Waals surface area contributed by atoms with Gasteiger partial charge in [0.25, 0.3) is 0 Å². The normalized spacial score (nSPS) is 22.2. The van der Waals surface area contributed by atoms with E-state index in [1.807, 2.05) is 4.90 Å². The summed E-state index contributed by atoms with van der Waals surface area (Å²) < 4.78 is 0. The highest BCUT2D eigenvalue weighted by atomic mass is 16.2. The number of nitrogens with one attached hydrogen (secondary N) is 1. The topological polar surface area (TPSA) is 35.6 Å². The third-order valence-corrected chi connectivity index (χ3v) is 3.42. The van der Waals surface area contributed by atoms with Gasteiger partial charge >= 0.3 is 0 Å². The maximum absolute atomic E-state index is 12.0. The van der Waals surface area contributed by atoms with Crippen molar-refractivity contribution in [3.05, 3.63) is 0 Å². The molecule has 1 fully saturated rings. The summed E-state index contributed by atoms with van der Waals surface area (Å²) in [6, 6.07) is 0.953. The number of amides is 1. The SMILES string of the molecule is CCN1CCN(C(=O)CCNC(C)C)CC1C. The zero-order chi connectivity index (χ0) is 12.8. The van der Waals surface area contributed by atoms with Crippen molar-refractivity contribution >= 4 is 5.91 Å². The Morgan fingerprint density at radius 1 is 1.41 bits per heavy atom. The summed E-state index contributed by atoms with van der Waals surface area (Å²) in [4.78, 5) is 16.4. The van der Waals surface area contributed by atoms with E-state index in [0.29, 0.717) is 24.4 Å². The van der Waals surface area contributed by atoms with E-state index in [1.54, 1.807) is 0 Å². The van der Waals surface area contributed by atoms with Crippen LogP contribution in [0.25, 0.3) is 0 Å². The van der Waals surface area contributed by atoms with Gasteiger partial charge in [-0.3, -0.25) is 9.69 Å². The highest BCUT2D eigenvalue weighted by Crippen LogP contribution is 2.09. The lowest BCUT2D eigenvalue weighted by Gasteiger charge is -2.39. The van der Waals surface area contributed by atoms with E-state index in [1.165, 1.54) is 0 Å². The molecular weight excluding hydrogens is 214 g/mol. The number of hydrogen-bond acceptors (Lipinski definition) is 3. The molecule has 0 aromatic heterocycles. The van der Waals surface area contributed by atoms with E-state index in [0.717, 1.165) is 32.7 Å². The first-order valence-electron chi connectivity index (χ1n) is 6.79. The zero-order valence-electron chi connectivity index (χ0n) is 11.7. The standard InChI is InChI=1S/C13H27N3O/c1-5-15-8-9-16(10-12(15)4)13(17)6-7-14-11(2)3/h11-12,14H,5-10H2,1-4H3. The average Bonchev–Trinajstić information content (AvgIpc) is 2.28. The Morgan fingerprint density at radius 2 is 2.12 bits per heavy atom. The molecule has 100 valence electrons. The molecule has 1 N–H and O–H groups in total. The van der Waals surface area contributed by atoms with Gasteiger partial charge in [-0.25, -0.2) is 0 Å². The smallest absolute Gasteiger partial charge is 0.223 e. The third kappa shape index (κ3) is 4.64. The van der Waals surface area contributed by atoms with E-state index in [-0.39, 0.29) is 0 Å². The number of likely N-dealkylation sites (N-methyl/N-ethyl adjacent to an activating group) is 1. The molecule has 4 nitrogen and oxygen atoms in total. The van der Waals surface area contributed by atoms with E-state index in [9.17, 15) is 4.79 Å². The van der Waals surface area contributed by atoms with Gasteiger partial charge in [0.1, 0.15) is 0 Å². The molecule has 0 radical (unpaired) electrons. The van der Waals surface area contributed by atoms with Crippen molar-refractivity contribution in [3.63, 3.8) is 0 Å². The fourth-order valence-electron chi connectivity index (χ4n) is 2.32. The number of piperazine rings is 1. The van der Waals surface area contributed by atoms with Crippen LogP contribution in [0.3, 0.4) is 0 Å². The predicted molar refractivity (Wildman–Crippen MR) is 71.0 cm³/mol. The van der Waals surface area contributed by atoms with Crippen LogP contribution in [0, 0.1) is 0 Å². The molecule has 0 bridgehead atoms. The molecule has 0 spiro atoms. The summed E-state index contributed by atoms with van der Waals surface area (Å²) in [6.45, 7) is 13.3. The zero-order valence-corrected chi connectivity index (χ0v) is 11.7. The van der Waals surface area contributed by atoms with Gasteiger partial charge in [0.05, 0.1) is 0 Å². The van der Waals surface area contributed by atoms with Crippen molar-refractivity contribution in [1.82, 2.24) is 15.1 Å². The quantitative estimate of drug-likeness (QED) is 0.778. The summed E-state index contributed by atoms with van der Waals surface area (Å²) in [5.41, 5.74) is 0. The van der Waals surface area contributed by atoms with Gasteiger partial charge in [-0.1, -0.05) is 20.8 Å². The molecular formula is C13H27N3O.